The van der Waals surface area contributed by atoms with Gasteiger partial charge in [-0.3, -0.25) is 9.48 Å². The number of hydrogen-bond acceptors (Lipinski definition) is 3. The molecule has 3 aromatic rings. The number of nitrogens with zero attached hydrogens (tertiary/aromatic N) is 2. The van der Waals surface area contributed by atoms with Gasteiger partial charge in [0, 0.05) is 18.9 Å². The fraction of sp³-hybridized carbons (Fsp3) is 0.176. The molecule has 2 heterocycles. The van der Waals surface area contributed by atoms with Crippen LogP contribution in [0, 0.1) is 6.92 Å². The van der Waals surface area contributed by atoms with Crippen LogP contribution >= 0.6 is 0 Å². The monoisotopic (exact) mass is 295 g/mol. The van der Waals surface area contributed by atoms with E-state index >= 15 is 0 Å². The van der Waals surface area contributed by atoms with Crippen LogP contribution < -0.4 is 5.32 Å². The Balaban J connectivity index is 1.68. The van der Waals surface area contributed by atoms with Crippen molar-refractivity contribution in [3.05, 3.63) is 77.5 Å². The second kappa shape index (κ2) is 6.30. The van der Waals surface area contributed by atoms with Crippen molar-refractivity contribution in [3.63, 3.8) is 0 Å². The highest BCUT2D eigenvalue weighted by molar-refractivity contribution is 5.91. The van der Waals surface area contributed by atoms with Crippen LogP contribution in [0.3, 0.4) is 0 Å². The molecule has 2 aromatic heterocycles. The van der Waals surface area contributed by atoms with E-state index in [-0.39, 0.29) is 5.91 Å². The van der Waals surface area contributed by atoms with Gasteiger partial charge in [0.15, 0.2) is 5.76 Å². The van der Waals surface area contributed by atoms with Gasteiger partial charge in [0.1, 0.15) is 5.76 Å². The summed E-state index contributed by atoms with van der Waals surface area (Å²) in [5.41, 5.74) is 2.19. The summed E-state index contributed by atoms with van der Waals surface area (Å²) in [6.07, 6.45) is 3.67. The SMILES string of the molecule is Cc1ccc(C(=O)NCc2ccccc2Cn2cccn2)o1. The van der Waals surface area contributed by atoms with E-state index in [0.29, 0.717) is 18.8 Å². The van der Waals surface area contributed by atoms with Crippen molar-refractivity contribution in [3.8, 4) is 0 Å². The minimum atomic E-state index is -0.206. The number of aromatic nitrogens is 2. The molecule has 0 fully saturated rings. The number of rotatable bonds is 5. The number of furan rings is 1. The van der Waals surface area contributed by atoms with Crippen LogP contribution in [0.4, 0.5) is 0 Å². The zero-order valence-corrected chi connectivity index (χ0v) is 12.3. The smallest absolute Gasteiger partial charge is 0.287 e. The molecule has 112 valence electrons. The van der Waals surface area contributed by atoms with Crippen LogP contribution in [0.25, 0.3) is 0 Å². The van der Waals surface area contributed by atoms with Gasteiger partial charge in [-0.25, -0.2) is 0 Å². The molecule has 0 aliphatic carbocycles. The Morgan fingerprint density at radius 3 is 2.68 bits per heavy atom. The molecule has 0 saturated carbocycles. The van der Waals surface area contributed by atoms with E-state index in [9.17, 15) is 4.79 Å². The number of benzene rings is 1. The Morgan fingerprint density at radius 1 is 1.18 bits per heavy atom. The summed E-state index contributed by atoms with van der Waals surface area (Å²) < 4.78 is 7.18. The lowest BCUT2D eigenvalue weighted by molar-refractivity contribution is 0.0922. The molecule has 0 atom stereocenters. The van der Waals surface area contributed by atoms with Gasteiger partial charge in [0.2, 0.25) is 0 Å². The summed E-state index contributed by atoms with van der Waals surface area (Å²) >= 11 is 0. The summed E-state index contributed by atoms with van der Waals surface area (Å²) in [6.45, 7) is 2.95. The summed E-state index contributed by atoms with van der Waals surface area (Å²) in [7, 11) is 0. The van der Waals surface area contributed by atoms with Crippen LogP contribution in [0.15, 0.2) is 59.3 Å². The van der Waals surface area contributed by atoms with E-state index < -0.39 is 0 Å². The zero-order chi connectivity index (χ0) is 15.4. The van der Waals surface area contributed by atoms with Gasteiger partial charge in [0.25, 0.3) is 5.91 Å². The van der Waals surface area contributed by atoms with Gasteiger partial charge in [-0.1, -0.05) is 24.3 Å². The first-order valence-electron chi connectivity index (χ1n) is 7.11. The van der Waals surface area contributed by atoms with E-state index in [0.717, 1.165) is 16.9 Å². The molecule has 0 spiro atoms. The van der Waals surface area contributed by atoms with Gasteiger partial charge in [-0.15, -0.1) is 0 Å². The van der Waals surface area contributed by atoms with Crippen molar-refractivity contribution >= 4 is 5.91 Å². The molecule has 22 heavy (non-hydrogen) atoms. The van der Waals surface area contributed by atoms with Gasteiger partial charge >= 0.3 is 0 Å². The minimum absolute atomic E-state index is 0.206. The van der Waals surface area contributed by atoms with E-state index in [1.54, 1.807) is 18.3 Å². The molecule has 0 aliphatic rings. The molecule has 3 rings (SSSR count). The van der Waals surface area contributed by atoms with E-state index in [2.05, 4.69) is 10.4 Å². The highest BCUT2D eigenvalue weighted by Gasteiger charge is 2.10. The number of hydrogen-bond donors (Lipinski definition) is 1. The van der Waals surface area contributed by atoms with Crippen LogP contribution in [-0.4, -0.2) is 15.7 Å². The predicted octanol–water partition coefficient (Wildman–Crippen LogP) is 2.76. The summed E-state index contributed by atoms with van der Waals surface area (Å²) in [6, 6.07) is 13.3. The van der Waals surface area contributed by atoms with Gasteiger partial charge < -0.3 is 9.73 Å². The maximum Gasteiger partial charge on any atom is 0.287 e. The number of carbonyl (C=O) groups is 1. The third-order valence-electron chi connectivity index (χ3n) is 3.41. The standard InChI is InChI=1S/C17H17N3O2/c1-13-7-8-16(22-13)17(21)18-11-14-5-2-3-6-15(14)12-20-10-4-9-19-20/h2-10H,11-12H2,1H3,(H,18,21). The predicted molar refractivity (Wildman–Crippen MR) is 82.4 cm³/mol. The van der Waals surface area contributed by atoms with Gasteiger partial charge in [-0.05, 0) is 36.2 Å². The molecule has 0 saturated heterocycles. The Bertz CT molecular complexity index is 760. The fourth-order valence-corrected chi connectivity index (χ4v) is 2.27. The molecule has 0 aliphatic heterocycles. The van der Waals surface area contributed by atoms with Gasteiger partial charge in [-0.2, -0.15) is 5.10 Å². The average Bonchev–Trinajstić information content (AvgIpc) is 3.18. The number of amides is 1. The molecule has 1 amide bonds. The maximum absolute atomic E-state index is 12.0. The van der Waals surface area contributed by atoms with Crippen LogP contribution in [-0.2, 0) is 13.1 Å². The Morgan fingerprint density at radius 2 is 2.00 bits per heavy atom. The molecule has 0 bridgehead atoms. The first kappa shape index (κ1) is 14.1. The van der Waals surface area contributed by atoms with Crippen LogP contribution in [0.2, 0.25) is 0 Å². The second-order valence-corrected chi connectivity index (χ2v) is 5.07. The Labute approximate surface area is 128 Å². The lowest BCUT2D eigenvalue weighted by Gasteiger charge is -2.10. The normalized spacial score (nSPS) is 10.6. The molecule has 5 heteroatoms. The van der Waals surface area contributed by atoms with E-state index in [4.69, 9.17) is 4.42 Å². The summed E-state index contributed by atoms with van der Waals surface area (Å²) in [4.78, 5) is 12.0. The topological polar surface area (TPSA) is 60.1 Å². The number of carbonyl (C=O) groups excluding carboxylic acids is 1. The number of nitrogens with one attached hydrogen (secondary N) is 1. The maximum atomic E-state index is 12.0. The van der Waals surface area contributed by atoms with Crippen molar-refractivity contribution in [2.24, 2.45) is 0 Å². The van der Waals surface area contributed by atoms with E-state index in [1.165, 1.54) is 0 Å². The first-order valence-corrected chi connectivity index (χ1v) is 7.11. The Hall–Kier alpha value is -2.82. The zero-order valence-electron chi connectivity index (χ0n) is 12.3. The van der Waals surface area contributed by atoms with Crippen molar-refractivity contribution < 1.29 is 9.21 Å². The van der Waals surface area contributed by atoms with Gasteiger partial charge in [0.05, 0.1) is 6.54 Å². The lowest BCUT2D eigenvalue weighted by atomic mass is 10.1. The largest absolute Gasteiger partial charge is 0.456 e. The molecule has 5 nitrogen and oxygen atoms in total. The summed E-state index contributed by atoms with van der Waals surface area (Å²) in [5.74, 6) is 0.855. The third kappa shape index (κ3) is 3.25. The molecular weight excluding hydrogens is 278 g/mol. The van der Waals surface area contributed by atoms with Crippen LogP contribution in [0.1, 0.15) is 27.4 Å². The first-order chi connectivity index (χ1) is 10.7. The third-order valence-corrected chi connectivity index (χ3v) is 3.41. The lowest BCUT2D eigenvalue weighted by Crippen LogP contribution is -2.23. The van der Waals surface area contributed by atoms with E-state index in [1.807, 2.05) is 48.1 Å². The molecule has 1 aromatic carbocycles. The number of aryl methyl sites for hydroxylation is 1. The highest BCUT2D eigenvalue weighted by Crippen LogP contribution is 2.11. The van der Waals surface area contributed by atoms with Crippen molar-refractivity contribution in [1.82, 2.24) is 15.1 Å². The van der Waals surface area contributed by atoms with Crippen LogP contribution in [0.5, 0.6) is 0 Å². The second-order valence-electron chi connectivity index (χ2n) is 5.07. The van der Waals surface area contributed by atoms with Crippen molar-refractivity contribution in [2.75, 3.05) is 0 Å². The highest BCUT2D eigenvalue weighted by atomic mass is 16.3. The molecular formula is C17H17N3O2. The quantitative estimate of drug-likeness (QED) is 0.787. The molecule has 1 N–H and O–H groups in total. The van der Waals surface area contributed by atoms with Crippen molar-refractivity contribution in [1.29, 1.82) is 0 Å². The average molecular weight is 295 g/mol. The molecule has 0 radical (unpaired) electrons. The van der Waals surface area contributed by atoms with Crippen molar-refractivity contribution in [2.45, 2.75) is 20.0 Å². The summed E-state index contributed by atoms with van der Waals surface area (Å²) in [5, 5.41) is 7.10. The Kier molecular flexibility index (Phi) is 4.05. The fourth-order valence-electron chi connectivity index (χ4n) is 2.27. The molecule has 0 unspecified atom stereocenters. The minimum Gasteiger partial charge on any atom is -0.456 e.